The van der Waals surface area contributed by atoms with Crippen molar-refractivity contribution in [3.8, 4) is 11.3 Å². The van der Waals surface area contributed by atoms with Crippen LogP contribution in [0, 0.1) is 0 Å². The summed E-state index contributed by atoms with van der Waals surface area (Å²) in [5, 5.41) is 5.83. The highest BCUT2D eigenvalue weighted by Gasteiger charge is 2.16. The SMILES string of the molecule is C[C@@H](Sc1ccc(Cl)cc1)C(=O)Nc1nc(-c2ccncc2)cs1. The molecule has 1 atom stereocenters. The van der Waals surface area contributed by atoms with Gasteiger partial charge in [0.25, 0.3) is 0 Å². The maximum atomic E-state index is 12.3. The van der Waals surface area contributed by atoms with Gasteiger partial charge in [0, 0.05) is 33.3 Å². The van der Waals surface area contributed by atoms with Crippen molar-refractivity contribution in [1.82, 2.24) is 9.97 Å². The third-order valence-corrected chi connectivity index (χ3v) is 5.33. The number of pyridine rings is 1. The molecule has 0 spiro atoms. The van der Waals surface area contributed by atoms with Gasteiger partial charge in [0.15, 0.2) is 5.13 Å². The van der Waals surface area contributed by atoms with Gasteiger partial charge in [-0.1, -0.05) is 11.6 Å². The molecule has 0 saturated carbocycles. The predicted octanol–water partition coefficient (Wildman–Crippen LogP) is 4.98. The highest BCUT2D eigenvalue weighted by Crippen LogP contribution is 2.27. The Bertz CT molecular complexity index is 821. The van der Waals surface area contributed by atoms with E-state index < -0.39 is 0 Å². The van der Waals surface area contributed by atoms with Crippen molar-refractivity contribution in [1.29, 1.82) is 0 Å². The largest absolute Gasteiger partial charge is 0.301 e. The van der Waals surface area contributed by atoms with Crippen LogP contribution in [0.15, 0.2) is 59.1 Å². The molecule has 0 saturated heterocycles. The van der Waals surface area contributed by atoms with E-state index in [1.54, 1.807) is 12.4 Å². The first-order valence-electron chi connectivity index (χ1n) is 7.21. The molecule has 7 heteroatoms. The number of benzene rings is 1. The molecule has 24 heavy (non-hydrogen) atoms. The number of anilines is 1. The van der Waals surface area contributed by atoms with E-state index in [0.717, 1.165) is 16.2 Å². The highest BCUT2D eigenvalue weighted by atomic mass is 35.5. The second-order valence-electron chi connectivity index (χ2n) is 4.98. The lowest BCUT2D eigenvalue weighted by Gasteiger charge is -2.10. The first kappa shape index (κ1) is 17.0. The number of aromatic nitrogens is 2. The minimum Gasteiger partial charge on any atom is -0.301 e. The first-order chi connectivity index (χ1) is 11.6. The summed E-state index contributed by atoms with van der Waals surface area (Å²) in [6.07, 6.45) is 3.44. The monoisotopic (exact) mass is 375 g/mol. The first-order valence-corrected chi connectivity index (χ1v) is 9.34. The molecular formula is C17H14ClN3OS2. The molecule has 0 aliphatic rings. The van der Waals surface area contributed by atoms with Crippen molar-refractivity contribution in [2.75, 3.05) is 5.32 Å². The van der Waals surface area contributed by atoms with E-state index in [1.807, 2.05) is 48.7 Å². The van der Waals surface area contributed by atoms with Gasteiger partial charge in [0.05, 0.1) is 10.9 Å². The van der Waals surface area contributed by atoms with Crippen molar-refractivity contribution in [3.63, 3.8) is 0 Å². The van der Waals surface area contributed by atoms with Crippen LogP contribution in [0.2, 0.25) is 5.02 Å². The third-order valence-electron chi connectivity index (χ3n) is 3.21. The zero-order chi connectivity index (χ0) is 16.9. The van der Waals surface area contributed by atoms with Crippen LogP contribution < -0.4 is 5.32 Å². The van der Waals surface area contributed by atoms with Crippen LogP contribution >= 0.6 is 34.7 Å². The Morgan fingerprint density at radius 3 is 2.62 bits per heavy atom. The van der Waals surface area contributed by atoms with E-state index in [0.29, 0.717) is 10.2 Å². The van der Waals surface area contributed by atoms with Crippen molar-refractivity contribution in [2.45, 2.75) is 17.1 Å². The Hall–Kier alpha value is -1.89. The van der Waals surface area contributed by atoms with E-state index in [2.05, 4.69) is 15.3 Å². The fourth-order valence-electron chi connectivity index (χ4n) is 1.96. The van der Waals surface area contributed by atoms with Gasteiger partial charge in [-0.2, -0.15) is 0 Å². The van der Waals surface area contributed by atoms with Gasteiger partial charge in [0.2, 0.25) is 5.91 Å². The zero-order valence-corrected chi connectivity index (χ0v) is 15.2. The summed E-state index contributed by atoms with van der Waals surface area (Å²) in [6.45, 7) is 1.87. The number of thiazole rings is 1. The molecule has 1 amide bonds. The van der Waals surface area contributed by atoms with Gasteiger partial charge in [-0.15, -0.1) is 23.1 Å². The zero-order valence-electron chi connectivity index (χ0n) is 12.8. The van der Waals surface area contributed by atoms with E-state index in [-0.39, 0.29) is 11.2 Å². The summed E-state index contributed by atoms with van der Waals surface area (Å²) in [6, 6.07) is 11.2. The second-order valence-corrected chi connectivity index (χ2v) is 7.69. The van der Waals surface area contributed by atoms with Gasteiger partial charge >= 0.3 is 0 Å². The molecule has 0 fully saturated rings. The molecule has 1 N–H and O–H groups in total. The average Bonchev–Trinajstić information content (AvgIpc) is 3.06. The standard InChI is InChI=1S/C17H14ClN3OS2/c1-11(24-14-4-2-13(18)3-5-14)16(22)21-17-20-15(10-23-17)12-6-8-19-9-7-12/h2-11H,1H3,(H,20,21,22)/t11-/m1/s1. The fourth-order valence-corrected chi connectivity index (χ4v) is 3.68. The number of rotatable bonds is 5. The Balaban J connectivity index is 1.62. The Kier molecular flexibility index (Phi) is 5.50. The number of nitrogens with zero attached hydrogens (tertiary/aromatic N) is 2. The molecule has 4 nitrogen and oxygen atoms in total. The predicted molar refractivity (Wildman–Crippen MR) is 101 cm³/mol. The van der Waals surface area contributed by atoms with Gasteiger partial charge in [-0.3, -0.25) is 9.78 Å². The third kappa shape index (κ3) is 4.35. The average molecular weight is 376 g/mol. The van der Waals surface area contributed by atoms with Crippen LogP contribution in [0.4, 0.5) is 5.13 Å². The van der Waals surface area contributed by atoms with Gasteiger partial charge in [-0.05, 0) is 43.3 Å². The molecule has 0 aliphatic heterocycles. The number of amides is 1. The molecule has 3 rings (SSSR count). The number of nitrogens with one attached hydrogen (secondary N) is 1. The van der Waals surface area contributed by atoms with Crippen LogP contribution in [0.3, 0.4) is 0 Å². The molecule has 0 unspecified atom stereocenters. The highest BCUT2D eigenvalue weighted by molar-refractivity contribution is 8.00. The molecule has 3 aromatic rings. The summed E-state index contributed by atoms with van der Waals surface area (Å²) in [5.74, 6) is -0.0782. The van der Waals surface area contributed by atoms with Gasteiger partial charge < -0.3 is 5.32 Å². The van der Waals surface area contributed by atoms with E-state index >= 15 is 0 Å². The number of hydrogen-bond donors (Lipinski definition) is 1. The summed E-state index contributed by atoms with van der Waals surface area (Å²) < 4.78 is 0. The maximum Gasteiger partial charge on any atom is 0.239 e. The van der Waals surface area contributed by atoms with E-state index in [1.165, 1.54) is 23.1 Å². The molecule has 122 valence electrons. The van der Waals surface area contributed by atoms with Crippen LogP contribution in [-0.4, -0.2) is 21.1 Å². The lowest BCUT2D eigenvalue weighted by molar-refractivity contribution is -0.115. The summed E-state index contributed by atoms with van der Waals surface area (Å²) >= 11 is 8.76. The Morgan fingerprint density at radius 2 is 1.92 bits per heavy atom. The minimum absolute atomic E-state index is 0.0782. The number of halogens is 1. The molecule has 0 aliphatic carbocycles. The summed E-state index contributed by atoms with van der Waals surface area (Å²) in [7, 11) is 0. The quantitative estimate of drug-likeness (QED) is 0.639. The van der Waals surface area contributed by atoms with Crippen molar-refractivity contribution >= 4 is 45.7 Å². The fraction of sp³-hybridized carbons (Fsp3) is 0.118. The molecule has 0 bridgehead atoms. The second kappa shape index (κ2) is 7.79. The lowest BCUT2D eigenvalue weighted by atomic mass is 10.2. The van der Waals surface area contributed by atoms with Crippen molar-refractivity contribution in [3.05, 3.63) is 59.2 Å². The molecule has 0 radical (unpaired) electrons. The number of carbonyl (C=O) groups excluding carboxylic acids is 1. The van der Waals surface area contributed by atoms with Crippen LogP contribution in [0.1, 0.15) is 6.92 Å². The molecule has 1 aromatic carbocycles. The van der Waals surface area contributed by atoms with Crippen molar-refractivity contribution < 1.29 is 4.79 Å². The minimum atomic E-state index is -0.237. The number of carbonyl (C=O) groups is 1. The van der Waals surface area contributed by atoms with Crippen LogP contribution in [0.25, 0.3) is 11.3 Å². The topological polar surface area (TPSA) is 54.9 Å². The van der Waals surface area contributed by atoms with Gasteiger partial charge in [-0.25, -0.2) is 4.98 Å². The van der Waals surface area contributed by atoms with Gasteiger partial charge in [0.1, 0.15) is 0 Å². The van der Waals surface area contributed by atoms with E-state index in [4.69, 9.17) is 11.6 Å². The Morgan fingerprint density at radius 1 is 1.21 bits per heavy atom. The normalized spacial score (nSPS) is 11.9. The van der Waals surface area contributed by atoms with Crippen LogP contribution in [-0.2, 0) is 4.79 Å². The Labute approximate surface area is 153 Å². The lowest BCUT2D eigenvalue weighted by Crippen LogP contribution is -2.22. The van der Waals surface area contributed by atoms with Crippen molar-refractivity contribution in [2.24, 2.45) is 0 Å². The molecular weight excluding hydrogens is 362 g/mol. The molecule has 2 heterocycles. The number of thioether (sulfide) groups is 1. The van der Waals surface area contributed by atoms with Crippen LogP contribution in [0.5, 0.6) is 0 Å². The van der Waals surface area contributed by atoms with E-state index in [9.17, 15) is 4.79 Å². The molecule has 2 aromatic heterocycles. The smallest absolute Gasteiger partial charge is 0.239 e. The summed E-state index contributed by atoms with van der Waals surface area (Å²) in [4.78, 5) is 21.8. The number of hydrogen-bond acceptors (Lipinski definition) is 5. The maximum absolute atomic E-state index is 12.3. The summed E-state index contributed by atoms with van der Waals surface area (Å²) in [5.41, 5.74) is 1.81.